The van der Waals surface area contributed by atoms with Gasteiger partial charge in [0.15, 0.2) is 11.7 Å². The molecule has 1 aliphatic rings. The minimum Gasteiger partial charge on any atom is -0.444 e. The Morgan fingerprint density at radius 2 is 2.09 bits per heavy atom. The van der Waals surface area contributed by atoms with Crippen molar-refractivity contribution in [2.24, 2.45) is 5.92 Å². The Morgan fingerprint density at radius 1 is 1.30 bits per heavy atom. The van der Waals surface area contributed by atoms with E-state index in [2.05, 4.69) is 10.3 Å². The number of nitrogens with zero attached hydrogens (tertiary/aromatic N) is 2. The summed E-state index contributed by atoms with van der Waals surface area (Å²) >= 11 is 12.1. The van der Waals surface area contributed by atoms with Gasteiger partial charge < -0.3 is 19.4 Å². The Kier molecular flexibility index (Phi) is 8.65. The molecule has 2 aromatic rings. The number of likely N-dealkylation sites (tertiary alicyclic amines) is 1. The van der Waals surface area contributed by atoms with Crippen LogP contribution < -0.4 is 5.32 Å². The molecule has 1 aromatic heterocycles. The van der Waals surface area contributed by atoms with E-state index < -0.39 is 5.60 Å². The lowest BCUT2D eigenvalue weighted by atomic mass is 9.95. The van der Waals surface area contributed by atoms with Crippen molar-refractivity contribution in [3.63, 3.8) is 0 Å². The number of carbonyl (C=O) groups is 2. The van der Waals surface area contributed by atoms with Crippen LogP contribution in [0.1, 0.15) is 52.3 Å². The van der Waals surface area contributed by atoms with Crippen molar-refractivity contribution < 1.29 is 18.7 Å². The first-order valence-electron chi connectivity index (χ1n) is 11.3. The summed E-state index contributed by atoms with van der Waals surface area (Å²) in [5.74, 6) is 1.31. The van der Waals surface area contributed by atoms with Gasteiger partial charge in [0.05, 0.1) is 11.2 Å². The molecule has 180 valence electrons. The number of oxazole rings is 1. The van der Waals surface area contributed by atoms with Gasteiger partial charge in [-0.3, -0.25) is 4.79 Å². The van der Waals surface area contributed by atoms with E-state index in [9.17, 15) is 9.59 Å². The smallest absolute Gasteiger partial charge is 0.410 e. The van der Waals surface area contributed by atoms with E-state index in [1.807, 2.05) is 20.8 Å². The first-order valence-corrected chi connectivity index (χ1v) is 12.0. The number of halogens is 2. The number of piperidine rings is 1. The van der Waals surface area contributed by atoms with Gasteiger partial charge >= 0.3 is 6.09 Å². The van der Waals surface area contributed by atoms with Crippen molar-refractivity contribution in [2.75, 3.05) is 19.6 Å². The van der Waals surface area contributed by atoms with Crippen LogP contribution in [0.3, 0.4) is 0 Å². The number of aromatic nitrogens is 1. The maximum absolute atomic E-state index is 12.3. The standard InChI is InChI=1S/C24H31Cl2N3O4/c1-24(2,3)33-23(31)29-12-4-5-16(15-29)10-11-27-21(30)8-9-22-28-14-20(32-22)18-7-6-17(25)13-19(18)26/h6-7,13-14,16H,4-5,8-12,15H2,1-3H3,(H,27,30). The highest BCUT2D eigenvalue weighted by atomic mass is 35.5. The zero-order valence-electron chi connectivity index (χ0n) is 19.3. The van der Waals surface area contributed by atoms with Crippen molar-refractivity contribution >= 4 is 35.2 Å². The molecule has 0 aliphatic carbocycles. The molecular formula is C24H31Cl2N3O4. The van der Waals surface area contributed by atoms with Crippen LogP contribution in [0.2, 0.25) is 10.0 Å². The van der Waals surface area contributed by atoms with Gasteiger partial charge in [0.2, 0.25) is 5.91 Å². The van der Waals surface area contributed by atoms with Crippen LogP contribution in [0.25, 0.3) is 11.3 Å². The molecule has 0 spiro atoms. The van der Waals surface area contributed by atoms with Gasteiger partial charge in [-0.1, -0.05) is 23.2 Å². The number of hydrogen-bond donors (Lipinski definition) is 1. The van der Waals surface area contributed by atoms with Gasteiger partial charge in [-0.25, -0.2) is 9.78 Å². The minimum absolute atomic E-state index is 0.0564. The average Bonchev–Trinajstić information content (AvgIpc) is 3.20. The lowest BCUT2D eigenvalue weighted by Crippen LogP contribution is -2.43. The first kappa shape index (κ1) is 25.4. The predicted molar refractivity (Wildman–Crippen MR) is 128 cm³/mol. The molecule has 7 nitrogen and oxygen atoms in total. The Hall–Kier alpha value is -2.25. The molecule has 1 fully saturated rings. The first-order chi connectivity index (χ1) is 15.6. The highest BCUT2D eigenvalue weighted by Gasteiger charge is 2.27. The van der Waals surface area contributed by atoms with E-state index in [1.165, 1.54) is 0 Å². The number of ether oxygens (including phenoxy) is 1. The van der Waals surface area contributed by atoms with Gasteiger partial charge in [-0.15, -0.1) is 0 Å². The summed E-state index contributed by atoms with van der Waals surface area (Å²) in [7, 11) is 0. The zero-order chi connectivity index (χ0) is 24.0. The van der Waals surface area contributed by atoms with E-state index in [0.29, 0.717) is 52.7 Å². The fourth-order valence-corrected chi connectivity index (χ4v) is 4.26. The molecule has 1 unspecified atom stereocenters. The Morgan fingerprint density at radius 3 is 2.82 bits per heavy atom. The Bertz CT molecular complexity index is 971. The van der Waals surface area contributed by atoms with Crippen LogP contribution in [0.4, 0.5) is 4.79 Å². The second-order valence-corrected chi connectivity index (χ2v) is 10.2. The van der Waals surface area contributed by atoms with Crippen molar-refractivity contribution in [2.45, 2.75) is 58.5 Å². The van der Waals surface area contributed by atoms with E-state index in [-0.39, 0.29) is 18.4 Å². The van der Waals surface area contributed by atoms with Crippen molar-refractivity contribution in [1.82, 2.24) is 15.2 Å². The summed E-state index contributed by atoms with van der Waals surface area (Å²) in [5, 5.41) is 3.99. The van der Waals surface area contributed by atoms with E-state index in [1.54, 1.807) is 29.3 Å². The number of hydrogen-bond acceptors (Lipinski definition) is 5. The monoisotopic (exact) mass is 495 g/mol. The molecule has 33 heavy (non-hydrogen) atoms. The quantitative estimate of drug-likeness (QED) is 0.529. The fraction of sp³-hybridized carbons (Fsp3) is 0.542. The molecular weight excluding hydrogens is 465 g/mol. The van der Waals surface area contributed by atoms with E-state index in [4.69, 9.17) is 32.4 Å². The van der Waals surface area contributed by atoms with Gasteiger partial charge in [-0.2, -0.15) is 0 Å². The molecule has 0 radical (unpaired) electrons. The van der Waals surface area contributed by atoms with E-state index in [0.717, 1.165) is 25.8 Å². The fourth-order valence-electron chi connectivity index (χ4n) is 3.76. The molecule has 9 heteroatoms. The minimum atomic E-state index is -0.497. The van der Waals surface area contributed by atoms with Crippen LogP contribution in [0, 0.1) is 5.92 Å². The molecule has 0 saturated carbocycles. The van der Waals surface area contributed by atoms with Crippen LogP contribution in [0.15, 0.2) is 28.8 Å². The van der Waals surface area contributed by atoms with Gasteiger partial charge in [0.1, 0.15) is 5.60 Å². The third-order valence-electron chi connectivity index (χ3n) is 5.36. The molecule has 1 N–H and O–H groups in total. The molecule has 1 atom stereocenters. The number of amides is 2. The molecule has 3 rings (SSSR count). The molecule has 1 aromatic carbocycles. The maximum atomic E-state index is 12.3. The number of carbonyl (C=O) groups excluding carboxylic acids is 2. The van der Waals surface area contributed by atoms with Crippen LogP contribution in [0.5, 0.6) is 0 Å². The summed E-state index contributed by atoms with van der Waals surface area (Å²) in [6, 6.07) is 5.15. The number of aryl methyl sites for hydroxylation is 1. The number of rotatable bonds is 7. The Labute approximate surface area is 204 Å². The molecule has 2 heterocycles. The predicted octanol–water partition coefficient (Wildman–Crippen LogP) is 5.73. The molecule has 1 saturated heterocycles. The second-order valence-electron chi connectivity index (χ2n) is 9.32. The normalized spacial score (nSPS) is 16.5. The third-order valence-corrected chi connectivity index (χ3v) is 5.91. The zero-order valence-corrected chi connectivity index (χ0v) is 20.8. The second kappa shape index (κ2) is 11.3. The van der Waals surface area contributed by atoms with Crippen LogP contribution in [-0.4, -0.2) is 47.1 Å². The highest BCUT2D eigenvalue weighted by Crippen LogP contribution is 2.31. The van der Waals surface area contributed by atoms with E-state index >= 15 is 0 Å². The molecule has 2 amide bonds. The maximum Gasteiger partial charge on any atom is 0.410 e. The lowest BCUT2D eigenvalue weighted by Gasteiger charge is -2.34. The highest BCUT2D eigenvalue weighted by molar-refractivity contribution is 6.36. The largest absolute Gasteiger partial charge is 0.444 e. The number of benzene rings is 1. The summed E-state index contributed by atoms with van der Waals surface area (Å²) in [5.41, 5.74) is 0.208. The van der Waals surface area contributed by atoms with Crippen molar-refractivity contribution in [3.05, 3.63) is 40.3 Å². The average molecular weight is 496 g/mol. The summed E-state index contributed by atoms with van der Waals surface area (Å²) in [6.07, 6.45) is 4.83. The van der Waals surface area contributed by atoms with Crippen molar-refractivity contribution in [3.8, 4) is 11.3 Å². The van der Waals surface area contributed by atoms with Crippen LogP contribution >= 0.6 is 23.2 Å². The topological polar surface area (TPSA) is 84.7 Å². The van der Waals surface area contributed by atoms with Crippen molar-refractivity contribution in [1.29, 1.82) is 0 Å². The van der Waals surface area contributed by atoms with Gasteiger partial charge in [-0.05, 0) is 64.2 Å². The Balaban J connectivity index is 1.39. The lowest BCUT2D eigenvalue weighted by molar-refractivity contribution is -0.121. The molecule has 1 aliphatic heterocycles. The summed E-state index contributed by atoms with van der Waals surface area (Å²) < 4.78 is 11.2. The van der Waals surface area contributed by atoms with Crippen LogP contribution in [-0.2, 0) is 16.0 Å². The van der Waals surface area contributed by atoms with Gasteiger partial charge in [0, 0.05) is 43.1 Å². The molecule has 0 bridgehead atoms. The SMILES string of the molecule is CC(C)(C)OC(=O)N1CCCC(CCNC(=O)CCc2ncc(-c3ccc(Cl)cc3Cl)o2)C1. The summed E-state index contributed by atoms with van der Waals surface area (Å²) in [4.78, 5) is 30.6. The number of nitrogens with one attached hydrogen (secondary N) is 1. The van der Waals surface area contributed by atoms with Gasteiger partial charge in [0.25, 0.3) is 0 Å². The third kappa shape index (κ3) is 7.93. The summed E-state index contributed by atoms with van der Waals surface area (Å²) in [6.45, 7) is 7.56.